The second kappa shape index (κ2) is 4.39. The zero-order chi connectivity index (χ0) is 13.4. The van der Waals surface area contributed by atoms with Crippen molar-refractivity contribution in [3.8, 4) is 0 Å². The molecule has 0 bridgehead atoms. The number of nitrogens with zero attached hydrogens (tertiary/aromatic N) is 2. The molecule has 0 fully saturated rings. The highest BCUT2D eigenvalue weighted by Gasteiger charge is 2.53. The molecule has 0 unspecified atom stereocenters. The first kappa shape index (κ1) is 13.1. The summed E-state index contributed by atoms with van der Waals surface area (Å²) in [6, 6.07) is 9.72. The minimum absolute atomic E-state index is 0.311. The molecule has 0 aromatic heterocycles. The van der Waals surface area contributed by atoms with Gasteiger partial charge in [-0.1, -0.05) is 49.4 Å². The Hall–Kier alpha value is -1.35. The fraction of sp³-hybridized carbons (Fsp3) is 0.533. The van der Waals surface area contributed by atoms with E-state index in [0.717, 1.165) is 23.5 Å². The van der Waals surface area contributed by atoms with Crippen LogP contribution in [-0.2, 0) is 5.21 Å². The lowest BCUT2D eigenvalue weighted by Gasteiger charge is -2.40. The van der Waals surface area contributed by atoms with Crippen molar-refractivity contribution in [3.63, 3.8) is 0 Å². The first-order valence-electron chi connectivity index (χ1n) is 6.61. The smallest absolute Gasteiger partial charge is 0.159 e. The van der Waals surface area contributed by atoms with Gasteiger partial charge in [-0.2, -0.15) is 5.06 Å². The van der Waals surface area contributed by atoms with E-state index in [2.05, 4.69) is 20.8 Å². The first-order valence-corrected chi connectivity index (χ1v) is 6.61. The van der Waals surface area contributed by atoms with E-state index in [1.165, 1.54) is 0 Å². The van der Waals surface area contributed by atoms with Gasteiger partial charge >= 0.3 is 0 Å². The van der Waals surface area contributed by atoms with Crippen LogP contribution in [0, 0.1) is 0 Å². The molecular formula is C15H21N2O. The van der Waals surface area contributed by atoms with E-state index >= 15 is 0 Å². The lowest BCUT2D eigenvalue weighted by Crippen LogP contribution is -2.54. The van der Waals surface area contributed by atoms with Crippen molar-refractivity contribution < 1.29 is 5.21 Å². The first-order chi connectivity index (χ1) is 8.48. The SMILES string of the molecule is CC[C@@]1(C)N=C(c2ccccc2)N([O])[C@]1(C)CC. The lowest BCUT2D eigenvalue weighted by atomic mass is 9.77. The van der Waals surface area contributed by atoms with Crippen LogP contribution < -0.4 is 0 Å². The highest BCUT2D eigenvalue weighted by Crippen LogP contribution is 2.42. The van der Waals surface area contributed by atoms with Gasteiger partial charge in [0.25, 0.3) is 0 Å². The number of aliphatic imine (C=N–C) groups is 1. The van der Waals surface area contributed by atoms with Crippen LogP contribution in [0.3, 0.4) is 0 Å². The second-order valence-electron chi connectivity index (χ2n) is 5.35. The summed E-state index contributed by atoms with van der Waals surface area (Å²) in [4.78, 5) is 4.74. The summed E-state index contributed by atoms with van der Waals surface area (Å²) in [5.41, 5.74) is 0.145. The topological polar surface area (TPSA) is 35.5 Å². The van der Waals surface area contributed by atoms with Gasteiger partial charge in [-0.05, 0) is 26.7 Å². The van der Waals surface area contributed by atoms with Crippen molar-refractivity contribution in [2.45, 2.75) is 51.6 Å². The predicted octanol–water partition coefficient (Wildman–Crippen LogP) is 3.43. The summed E-state index contributed by atoms with van der Waals surface area (Å²) >= 11 is 0. The molecule has 1 aromatic carbocycles. The van der Waals surface area contributed by atoms with Crippen LogP contribution in [0.4, 0.5) is 0 Å². The van der Waals surface area contributed by atoms with Gasteiger partial charge in [0, 0.05) is 5.56 Å². The highest BCUT2D eigenvalue weighted by atomic mass is 16.5. The molecular weight excluding hydrogens is 224 g/mol. The molecule has 0 spiro atoms. The molecule has 0 aliphatic carbocycles. The Labute approximate surface area is 109 Å². The highest BCUT2D eigenvalue weighted by molar-refractivity contribution is 6.00. The standard InChI is InChI=1S/C15H21N2O/c1-5-14(3)15(4,6-2)17(18)13(16-14)12-10-8-7-9-11-12/h7-11H,5-6H2,1-4H3/t14-,15-/m1/s1. The molecule has 1 aromatic rings. The van der Waals surface area contributed by atoms with Gasteiger partial charge in [0.1, 0.15) is 0 Å². The molecule has 1 heterocycles. The zero-order valence-corrected chi connectivity index (χ0v) is 11.6. The second-order valence-corrected chi connectivity index (χ2v) is 5.35. The number of hydrogen-bond donors (Lipinski definition) is 0. The monoisotopic (exact) mass is 245 g/mol. The molecule has 3 nitrogen and oxygen atoms in total. The third-order valence-electron chi connectivity index (χ3n) is 4.56. The molecule has 1 aliphatic heterocycles. The molecule has 0 saturated carbocycles. The van der Waals surface area contributed by atoms with E-state index in [1.54, 1.807) is 0 Å². The summed E-state index contributed by atoms with van der Waals surface area (Å²) < 4.78 is 0. The Morgan fingerprint density at radius 1 is 1.11 bits per heavy atom. The zero-order valence-electron chi connectivity index (χ0n) is 11.6. The Bertz CT molecular complexity index is 457. The lowest BCUT2D eigenvalue weighted by molar-refractivity contribution is -0.168. The molecule has 1 radical (unpaired) electrons. The Kier molecular flexibility index (Phi) is 3.20. The van der Waals surface area contributed by atoms with Gasteiger partial charge in [-0.3, -0.25) is 4.99 Å². The number of hydroxylamine groups is 2. The maximum absolute atomic E-state index is 12.6. The summed E-state index contributed by atoms with van der Waals surface area (Å²) in [6.45, 7) is 8.25. The van der Waals surface area contributed by atoms with Gasteiger partial charge < -0.3 is 0 Å². The molecule has 18 heavy (non-hydrogen) atoms. The van der Waals surface area contributed by atoms with E-state index in [4.69, 9.17) is 4.99 Å². The minimum atomic E-state index is -0.451. The van der Waals surface area contributed by atoms with E-state index in [1.807, 2.05) is 37.3 Å². The largest absolute Gasteiger partial charge is 0.257 e. The van der Waals surface area contributed by atoms with Crippen LogP contribution in [0.5, 0.6) is 0 Å². The number of rotatable bonds is 3. The molecule has 2 atom stereocenters. The van der Waals surface area contributed by atoms with Crippen LogP contribution >= 0.6 is 0 Å². The summed E-state index contributed by atoms with van der Waals surface area (Å²) in [7, 11) is 0. The van der Waals surface area contributed by atoms with Crippen LogP contribution in [0.25, 0.3) is 0 Å². The molecule has 2 rings (SSSR count). The number of hydrogen-bond acceptors (Lipinski definition) is 2. The van der Waals surface area contributed by atoms with Gasteiger partial charge in [-0.15, -0.1) is 0 Å². The fourth-order valence-corrected chi connectivity index (χ4v) is 2.61. The van der Waals surface area contributed by atoms with Crippen LogP contribution in [-0.4, -0.2) is 22.0 Å². The molecule has 97 valence electrons. The predicted molar refractivity (Wildman–Crippen MR) is 72.9 cm³/mol. The third-order valence-corrected chi connectivity index (χ3v) is 4.56. The number of benzene rings is 1. The molecule has 3 heteroatoms. The summed E-state index contributed by atoms with van der Waals surface area (Å²) in [5.74, 6) is 0.573. The Morgan fingerprint density at radius 2 is 1.72 bits per heavy atom. The summed E-state index contributed by atoms with van der Waals surface area (Å²) in [5, 5.41) is 13.7. The maximum Gasteiger partial charge on any atom is 0.159 e. The van der Waals surface area contributed by atoms with Crippen molar-refractivity contribution in [2.24, 2.45) is 4.99 Å². The van der Waals surface area contributed by atoms with Gasteiger partial charge in [0.15, 0.2) is 5.84 Å². The average Bonchev–Trinajstić information content (AvgIpc) is 2.62. The van der Waals surface area contributed by atoms with Crippen LogP contribution in [0.2, 0.25) is 0 Å². The molecule has 0 N–H and O–H groups in total. The van der Waals surface area contributed by atoms with Crippen molar-refractivity contribution in [1.82, 2.24) is 5.06 Å². The minimum Gasteiger partial charge on any atom is -0.257 e. The maximum atomic E-state index is 12.6. The quantitative estimate of drug-likeness (QED) is 0.803. The molecule has 0 amide bonds. The van der Waals surface area contributed by atoms with E-state index in [9.17, 15) is 5.21 Å². The van der Waals surface area contributed by atoms with Gasteiger partial charge in [0.05, 0.1) is 11.1 Å². The van der Waals surface area contributed by atoms with E-state index in [-0.39, 0.29) is 5.54 Å². The molecule has 0 saturated heterocycles. The van der Waals surface area contributed by atoms with Crippen molar-refractivity contribution >= 4 is 5.84 Å². The average molecular weight is 245 g/mol. The van der Waals surface area contributed by atoms with Crippen molar-refractivity contribution in [2.75, 3.05) is 0 Å². The number of amidine groups is 1. The van der Waals surface area contributed by atoms with Crippen molar-refractivity contribution in [3.05, 3.63) is 35.9 Å². The fourth-order valence-electron chi connectivity index (χ4n) is 2.61. The van der Waals surface area contributed by atoms with E-state index < -0.39 is 5.54 Å². The molecule has 1 aliphatic rings. The third kappa shape index (κ3) is 1.65. The van der Waals surface area contributed by atoms with Gasteiger partial charge in [-0.25, -0.2) is 0 Å². The van der Waals surface area contributed by atoms with Gasteiger partial charge in [0.2, 0.25) is 0 Å². The van der Waals surface area contributed by atoms with Crippen LogP contribution in [0.1, 0.15) is 46.1 Å². The van der Waals surface area contributed by atoms with E-state index in [0.29, 0.717) is 5.84 Å². The Morgan fingerprint density at radius 3 is 2.17 bits per heavy atom. The van der Waals surface area contributed by atoms with Crippen molar-refractivity contribution in [1.29, 1.82) is 0 Å². The Balaban J connectivity index is 2.49. The van der Waals surface area contributed by atoms with Crippen LogP contribution in [0.15, 0.2) is 35.3 Å². The summed E-state index contributed by atoms with van der Waals surface area (Å²) in [6.07, 6.45) is 1.66. The normalized spacial score (nSPS) is 31.6.